The Bertz CT molecular complexity index is 784. The van der Waals surface area contributed by atoms with Crippen LogP contribution in [0.5, 0.6) is 11.5 Å². The summed E-state index contributed by atoms with van der Waals surface area (Å²) in [6.07, 6.45) is -1.73. The van der Waals surface area contributed by atoms with Gasteiger partial charge < -0.3 is 14.8 Å². The summed E-state index contributed by atoms with van der Waals surface area (Å²) in [5.74, 6) is 0.596. The summed E-state index contributed by atoms with van der Waals surface area (Å²) in [6.45, 7) is 2.25. The fraction of sp³-hybridized carbons (Fsp3) is 0.211. The van der Waals surface area contributed by atoms with Crippen molar-refractivity contribution in [3.05, 3.63) is 59.7 Å². The van der Waals surface area contributed by atoms with Gasteiger partial charge in [0.2, 0.25) is 5.91 Å². The Kier molecular flexibility index (Phi) is 6.27. The van der Waals surface area contributed by atoms with Gasteiger partial charge >= 0.3 is 6.18 Å². The smallest absolute Gasteiger partial charge is 0.416 e. The first-order valence-corrected chi connectivity index (χ1v) is 7.80. The van der Waals surface area contributed by atoms with Crippen LogP contribution in [0.25, 0.3) is 6.08 Å². The van der Waals surface area contributed by atoms with Gasteiger partial charge in [-0.05, 0) is 42.8 Å². The van der Waals surface area contributed by atoms with Crippen molar-refractivity contribution >= 4 is 17.7 Å². The zero-order chi connectivity index (χ0) is 19.2. The zero-order valence-corrected chi connectivity index (χ0v) is 14.3. The number of carbonyl (C=O) groups excluding carboxylic acids is 1. The lowest BCUT2D eigenvalue weighted by Gasteiger charge is -2.12. The normalized spacial score (nSPS) is 11.4. The molecule has 0 aromatic heterocycles. The van der Waals surface area contributed by atoms with E-state index in [1.54, 1.807) is 18.2 Å². The average molecular weight is 365 g/mol. The number of benzene rings is 2. The van der Waals surface area contributed by atoms with Crippen molar-refractivity contribution in [2.75, 3.05) is 19.0 Å². The number of alkyl halides is 3. The van der Waals surface area contributed by atoms with Gasteiger partial charge in [0.25, 0.3) is 0 Å². The predicted molar refractivity (Wildman–Crippen MR) is 93.3 cm³/mol. The lowest BCUT2D eigenvalue weighted by molar-refractivity contribution is -0.137. The van der Waals surface area contributed by atoms with Crippen LogP contribution < -0.4 is 14.8 Å². The van der Waals surface area contributed by atoms with Gasteiger partial charge in [0.15, 0.2) is 0 Å². The van der Waals surface area contributed by atoms with Gasteiger partial charge in [0.05, 0.1) is 25.0 Å². The molecule has 0 atom stereocenters. The first-order chi connectivity index (χ1) is 12.3. The first-order valence-electron chi connectivity index (χ1n) is 7.80. The molecule has 2 aromatic rings. The Morgan fingerprint density at radius 1 is 1.15 bits per heavy atom. The summed E-state index contributed by atoms with van der Waals surface area (Å²) >= 11 is 0. The maximum absolute atomic E-state index is 12.5. The van der Waals surface area contributed by atoms with E-state index in [9.17, 15) is 18.0 Å². The third-order valence-electron chi connectivity index (χ3n) is 3.41. The number of hydrogen-bond donors (Lipinski definition) is 1. The van der Waals surface area contributed by atoms with Crippen molar-refractivity contribution in [1.82, 2.24) is 0 Å². The van der Waals surface area contributed by atoms with E-state index in [2.05, 4.69) is 5.32 Å². The molecule has 0 saturated carbocycles. The highest BCUT2D eigenvalue weighted by Gasteiger charge is 2.29. The summed E-state index contributed by atoms with van der Waals surface area (Å²) in [4.78, 5) is 12.1. The maximum Gasteiger partial charge on any atom is 0.416 e. The van der Waals surface area contributed by atoms with Crippen LogP contribution in [-0.2, 0) is 11.0 Å². The lowest BCUT2D eigenvalue weighted by atomic mass is 10.1. The predicted octanol–water partition coefficient (Wildman–Crippen LogP) is 4.76. The molecule has 0 bridgehead atoms. The summed E-state index contributed by atoms with van der Waals surface area (Å²) in [5.41, 5.74) is 0.175. The molecule has 0 aliphatic heterocycles. The highest BCUT2D eigenvalue weighted by molar-refractivity contribution is 6.02. The Morgan fingerprint density at radius 3 is 2.42 bits per heavy atom. The number of ether oxygens (including phenoxy) is 2. The maximum atomic E-state index is 12.5. The van der Waals surface area contributed by atoms with Crippen molar-refractivity contribution in [2.45, 2.75) is 13.1 Å². The van der Waals surface area contributed by atoms with E-state index in [-0.39, 0.29) is 0 Å². The molecule has 26 heavy (non-hydrogen) atoms. The van der Waals surface area contributed by atoms with E-state index in [1.807, 2.05) is 6.92 Å². The van der Waals surface area contributed by atoms with Crippen LogP contribution >= 0.6 is 0 Å². The van der Waals surface area contributed by atoms with E-state index < -0.39 is 17.6 Å². The number of nitrogens with one attached hydrogen (secondary N) is 1. The zero-order valence-electron chi connectivity index (χ0n) is 14.3. The summed E-state index contributed by atoms with van der Waals surface area (Å²) in [5, 5.41) is 2.67. The number of anilines is 1. The molecule has 0 heterocycles. The standard InChI is InChI=1S/C19H18F3NO3/c1-3-26-17-10-9-15(25-2)12-16(17)23-18(24)11-6-13-4-7-14(8-5-13)19(20,21)22/h4-12H,3H2,1-2H3,(H,23,24). The second-order valence-corrected chi connectivity index (χ2v) is 5.24. The summed E-state index contributed by atoms with van der Waals surface area (Å²) in [7, 11) is 1.51. The second kappa shape index (κ2) is 8.42. The van der Waals surface area contributed by atoms with Crippen LogP contribution in [-0.4, -0.2) is 19.6 Å². The average Bonchev–Trinajstić information content (AvgIpc) is 2.61. The van der Waals surface area contributed by atoms with Gasteiger partial charge in [0.1, 0.15) is 11.5 Å². The molecule has 0 spiro atoms. The molecule has 0 fully saturated rings. The van der Waals surface area contributed by atoms with Crippen LogP contribution in [0.4, 0.5) is 18.9 Å². The fourth-order valence-corrected chi connectivity index (χ4v) is 2.14. The van der Waals surface area contributed by atoms with Crippen LogP contribution in [0.3, 0.4) is 0 Å². The number of amides is 1. The van der Waals surface area contributed by atoms with E-state index in [0.717, 1.165) is 12.1 Å². The number of methoxy groups -OCH3 is 1. The highest BCUT2D eigenvalue weighted by Crippen LogP contribution is 2.30. The van der Waals surface area contributed by atoms with Crippen LogP contribution in [0, 0.1) is 0 Å². The van der Waals surface area contributed by atoms with E-state index in [0.29, 0.717) is 29.4 Å². The van der Waals surface area contributed by atoms with Gasteiger partial charge in [-0.3, -0.25) is 4.79 Å². The highest BCUT2D eigenvalue weighted by atomic mass is 19.4. The number of halogens is 3. The lowest BCUT2D eigenvalue weighted by Crippen LogP contribution is -2.09. The van der Waals surface area contributed by atoms with Crippen LogP contribution in [0.15, 0.2) is 48.5 Å². The molecule has 0 aliphatic carbocycles. The fourth-order valence-electron chi connectivity index (χ4n) is 2.14. The third-order valence-corrected chi connectivity index (χ3v) is 3.41. The molecule has 1 amide bonds. The Balaban J connectivity index is 2.09. The number of hydrogen-bond acceptors (Lipinski definition) is 3. The first kappa shape index (κ1) is 19.4. The second-order valence-electron chi connectivity index (χ2n) is 5.24. The molecule has 4 nitrogen and oxygen atoms in total. The largest absolute Gasteiger partial charge is 0.497 e. The molecule has 2 aromatic carbocycles. The Hall–Kier alpha value is -2.96. The number of rotatable bonds is 6. The van der Waals surface area contributed by atoms with Crippen LogP contribution in [0.2, 0.25) is 0 Å². The summed E-state index contributed by atoms with van der Waals surface area (Å²) < 4.78 is 48.2. The SMILES string of the molecule is CCOc1ccc(OC)cc1NC(=O)C=Cc1ccc(C(F)(F)F)cc1. The van der Waals surface area contributed by atoms with Gasteiger partial charge in [-0.1, -0.05) is 12.1 Å². The van der Waals surface area contributed by atoms with Crippen molar-refractivity contribution in [3.8, 4) is 11.5 Å². The Labute approximate surface area is 149 Å². The molecular weight excluding hydrogens is 347 g/mol. The topological polar surface area (TPSA) is 47.6 Å². The molecule has 1 N–H and O–H groups in total. The number of carbonyl (C=O) groups is 1. The minimum atomic E-state index is -4.39. The minimum Gasteiger partial charge on any atom is -0.497 e. The quantitative estimate of drug-likeness (QED) is 0.751. The molecule has 138 valence electrons. The molecule has 0 aliphatic rings. The van der Waals surface area contributed by atoms with E-state index in [1.165, 1.54) is 31.4 Å². The van der Waals surface area contributed by atoms with Gasteiger partial charge in [-0.15, -0.1) is 0 Å². The van der Waals surface area contributed by atoms with Crippen molar-refractivity contribution in [1.29, 1.82) is 0 Å². The van der Waals surface area contributed by atoms with Crippen molar-refractivity contribution in [3.63, 3.8) is 0 Å². The minimum absolute atomic E-state index is 0.427. The molecular formula is C19H18F3NO3. The molecule has 2 rings (SSSR count). The van der Waals surface area contributed by atoms with Gasteiger partial charge in [0, 0.05) is 12.1 Å². The van der Waals surface area contributed by atoms with E-state index >= 15 is 0 Å². The van der Waals surface area contributed by atoms with Crippen LogP contribution in [0.1, 0.15) is 18.1 Å². The Morgan fingerprint density at radius 2 is 1.85 bits per heavy atom. The molecule has 7 heteroatoms. The third kappa shape index (κ3) is 5.27. The van der Waals surface area contributed by atoms with Crippen molar-refractivity contribution in [2.24, 2.45) is 0 Å². The molecule has 0 unspecified atom stereocenters. The monoisotopic (exact) mass is 365 g/mol. The summed E-state index contributed by atoms with van der Waals surface area (Å²) in [6, 6.07) is 9.53. The molecule has 0 radical (unpaired) electrons. The van der Waals surface area contributed by atoms with Gasteiger partial charge in [-0.25, -0.2) is 0 Å². The van der Waals surface area contributed by atoms with Crippen molar-refractivity contribution < 1.29 is 27.4 Å². The van der Waals surface area contributed by atoms with Gasteiger partial charge in [-0.2, -0.15) is 13.2 Å². The molecule has 0 saturated heterocycles. The van der Waals surface area contributed by atoms with E-state index in [4.69, 9.17) is 9.47 Å².